The van der Waals surface area contributed by atoms with Gasteiger partial charge in [-0.05, 0) is 74.9 Å². The van der Waals surface area contributed by atoms with Gasteiger partial charge in [0, 0.05) is 30.9 Å². The number of hydrogen-bond acceptors (Lipinski definition) is 4. The summed E-state index contributed by atoms with van der Waals surface area (Å²) < 4.78 is 0. The number of anilines is 2. The summed E-state index contributed by atoms with van der Waals surface area (Å²) in [7, 11) is 0. The molecule has 2 aromatic rings. The van der Waals surface area contributed by atoms with E-state index < -0.39 is 0 Å². The summed E-state index contributed by atoms with van der Waals surface area (Å²) in [5.41, 5.74) is 5.32. The standard InChI is InChI=1S/C21H27N3O2/c1-15-10-16(2)12-19(11-15)22-14-18-7-8-20(21(13-18)24(25)26)23-9-5-4-6-17(23)3/h7-8,10-13,17,22H,4-6,9,14H2,1-3H3. The molecule has 1 aliphatic heterocycles. The van der Waals surface area contributed by atoms with Crippen molar-refractivity contribution in [1.29, 1.82) is 0 Å². The Balaban J connectivity index is 1.80. The van der Waals surface area contributed by atoms with E-state index in [9.17, 15) is 10.1 Å². The van der Waals surface area contributed by atoms with Crippen molar-refractivity contribution in [3.8, 4) is 0 Å². The first-order valence-corrected chi connectivity index (χ1v) is 9.30. The normalized spacial score (nSPS) is 17.2. The van der Waals surface area contributed by atoms with Crippen LogP contribution < -0.4 is 10.2 Å². The molecule has 1 atom stereocenters. The minimum atomic E-state index is -0.253. The Morgan fingerprint density at radius 1 is 1.15 bits per heavy atom. The van der Waals surface area contributed by atoms with Gasteiger partial charge in [-0.15, -0.1) is 0 Å². The molecule has 26 heavy (non-hydrogen) atoms. The topological polar surface area (TPSA) is 58.4 Å². The van der Waals surface area contributed by atoms with Crippen LogP contribution in [0.3, 0.4) is 0 Å². The molecule has 1 fully saturated rings. The van der Waals surface area contributed by atoms with Gasteiger partial charge >= 0.3 is 0 Å². The Labute approximate surface area is 155 Å². The van der Waals surface area contributed by atoms with Crippen LogP contribution in [0.4, 0.5) is 17.1 Å². The van der Waals surface area contributed by atoms with E-state index in [1.165, 1.54) is 17.5 Å². The van der Waals surface area contributed by atoms with E-state index in [0.29, 0.717) is 12.6 Å². The van der Waals surface area contributed by atoms with Crippen LogP contribution in [-0.4, -0.2) is 17.5 Å². The zero-order valence-electron chi connectivity index (χ0n) is 15.8. The summed E-state index contributed by atoms with van der Waals surface area (Å²) in [5.74, 6) is 0. The van der Waals surface area contributed by atoms with Crippen LogP contribution in [0, 0.1) is 24.0 Å². The summed E-state index contributed by atoms with van der Waals surface area (Å²) in [6.45, 7) is 7.75. The predicted octanol–water partition coefficient (Wildman–Crippen LogP) is 5.20. The summed E-state index contributed by atoms with van der Waals surface area (Å²) >= 11 is 0. The maximum absolute atomic E-state index is 11.6. The van der Waals surface area contributed by atoms with Gasteiger partial charge in [0.25, 0.3) is 5.69 Å². The van der Waals surface area contributed by atoms with Crippen LogP contribution in [-0.2, 0) is 6.54 Å². The lowest BCUT2D eigenvalue weighted by atomic mass is 10.0. The SMILES string of the molecule is Cc1cc(C)cc(NCc2ccc(N3CCCCC3C)c([N+](=O)[O-])c2)c1. The van der Waals surface area contributed by atoms with Crippen LogP contribution in [0.1, 0.15) is 42.9 Å². The first-order valence-electron chi connectivity index (χ1n) is 9.30. The summed E-state index contributed by atoms with van der Waals surface area (Å²) in [6.07, 6.45) is 3.38. The Hall–Kier alpha value is -2.56. The third-order valence-electron chi connectivity index (χ3n) is 5.07. The maximum Gasteiger partial charge on any atom is 0.292 e. The van der Waals surface area contributed by atoms with Crippen LogP contribution in [0.5, 0.6) is 0 Å². The van der Waals surface area contributed by atoms with Gasteiger partial charge < -0.3 is 10.2 Å². The molecule has 2 aromatic carbocycles. The largest absolute Gasteiger partial charge is 0.381 e. The smallest absolute Gasteiger partial charge is 0.292 e. The molecule has 0 amide bonds. The number of hydrogen-bond donors (Lipinski definition) is 1. The van der Waals surface area contributed by atoms with E-state index in [4.69, 9.17) is 0 Å². The van der Waals surface area contributed by atoms with E-state index in [1.54, 1.807) is 6.07 Å². The molecule has 5 heteroatoms. The molecule has 138 valence electrons. The highest BCUT2D eigenvalue weighted by Gasteiger charge is 2.25. The van der Waals surface area contributed by atoms with Gasteiger partial charge in [-0.25, -0.2) is 0 Å². The average molecular weight is 353 g/mol. The van der Waals surface area contributed by atoms with E-state index in [1.807, 2.05) is 12.1 Å². The molecule has 0 spiro atoms. The van der Waals surface area contributed by atoms with Crippen molar-refractivity contribution in [2.45, 2.75) is 52.6 Å². The molecular weight excluding hydrogens is 326 g/mol. The van der Waals surface area contributed by atoms with Gasteiger partial charge in [-0.3, -0.25) is 10.1 Å². The average Bonchev–Trinajstić information content (AvgIpc) is 2.59. The minimum Gasteiger partial charge on any atom is -0.381 e. The molecule has 1 aliphatic rings. The number of nitro benzene ring substituents is 1. The number of rotatable bonds is 5. The fourth-order valence-corrected chi connectivity index (χ4v) is 3.80. The molecule has 0 radical (unpaired) electrons. The molecule has 1 unspecified atom stereocenters. The highest BCUT2D eigenvalue weighted by molar-refractivity contribution is 5.65. The van der Waals surface area contributed by atoms with Gasteiger partial charge in [-0.2, -0.15) is 0 Å². The second kappa shape index (κ2) is 7.77. The van der Waals surface area contributed by atoms with Gasteiger partial charge in [0.05, 0.1) is 4.92 Å². The van der Waals surface area contributed by atoms with Gasteiger partial charge in [-0.1, -0.05) is 12.1 Å². The molecule has 0 aromatic heterocycles. The molecule has 0 aliphatic carbocycles. The van der Waals surface area contributed by atoms with Crippen molar-refractivity contribution in [3.63, 3.8) is 0 Å². The molecule has 5 nitrogen and oxygen atoms in total. The lowest BCUT2D eigenvalue weighted by molar-refractivity contribution is -0.384. The monoisotopic (exact) mass is 353 g/mol. The number of nitro groups is 1. The molecule has 1 N–H and O–H groups in total. The zero-order chi connectivity index (χ0) is 18.7. The third kappa shape index (κ3) is 4.15. The minimum absolute atomic E-state index is 0.207. The Kier molecular flexibility index (Phi) is 5.45. The van der Waals surface area contributed by atoms with Crippen LogP contribution in [0.15, 0.2) is 36.4 Å². The van der Waals surface area contributed by atoms with E-state index in [0.717, 1.165) is 36.3 Å². The summed E-state index contributed by atoms with van der Waals surface area (Å²) in [5, 5.41) is 15.0. The molecule has 3 rings (SSSR count). The summed E-state index contributed by atoms with van der Waals surface area (Å²) in [6, 6.07) is 12.3. The van der Waals surface area contributed by atoms with Gasteiger partial charge in [0.1, 0.15) is 5.69 Å². The van der Waals surface area contributed by atoms with Gasteiger partial charge in [0.2, 0.25) is 0 Å². The first-order chi connectivity index (χ1) is 12.4. The highest BCUT2D eigenvalue weighted by atomic mass is 16.6. The van der Waals surface area contributed by atoms with Crippen molar-refractivity contribution < 1.29 is 4.92 Å². The van der Waals surface area contributed by atoms with Crippen molar-refractivity contribution in [2.75, 3.05) is 16.8 Å². The molecular formula is C21H27N3O2. The number of nitrogens with one attached hydrogen (secondary N) is 1. The van der Waals surface area contributed by atoms with Crippen molar-refractivity contribution >= 4 is 17.1 Å². The Morgan fingerprint density at radius 3 is 2.54 bits per heavy atom. The van der Waals surface area contributed by atoms with Crippen molar-refractivity contribution in [1.82, 2.24) is 0 Å². The Morgan fingerprint density at radius 2 is 1.88 bits per heavy atom. The molecule has 1 heterocycles. The van der Waals surface area contributed by atoms with Crippen LogP contribution >= 0.6 is 0 Å². The lowest BCUT2D eigenvalue weighted by Crippen LogP contribution is -2.37. The zero-order valence-corrected chi connectivity index (χ0v) is 15.8. The predicted molar refractivity (Wildman–Crippen MR) is 107 cm³/mol. The van der Waals surface area contributed by atoms with Crippen molar-refractivity contribution in [3.05, 3.63) is 63.2 Å². The highest BCUT2D eigenvalue weighted by Crippen LogP contribution is 2.33. The number of nitrogens with zero attached hydrogens (tertiary/aromatic N) is 2. The molecule has 0 bridgehead atoms. The second-order valence-electron chi connectivity index (χ2n) is 7.35. The second-order valence-corrected chi connectivity index (χ2v) is 7.35. The molecule has 0 saturated carbocycles. The van der Waals surface area contributed by atoms with E-state index in [2.05, 4.69) is 49.2 Å². The van der Waals surface area contributed by atoms with Crippen LogP contribution in [0.2, 0.25) is 0 Å². The quantitative estimate of drug-likeness (QED) is 0.593. The van der Waals surface area contributed by atoms with Crippen LogP contribution in [0.25, 0.3) is 0 Å². The lowest BCUT2D eigenvalue weighted by Gasteiger charge is -2.35. The van der Waals surface area contributed by atoms with Gasteiger partial charge in [0.15, 0.2) is 0 Å². The Bertz CT molecular complexity index is 784. The van der Waals surface area contributed by atoms with E-state index in [-0.39, 0.29) is 10.6 Å². The fourth-order valence-electron chi connectivity index (χ4n) is 3.80. The van der Waals surface area contributed by atoms with Crippen molar-refractivity contribution in [2.24, 2.45) is 0 Å². The third-order valence-corrected chi connectivity index (χ3v) is 5.07. The molecule has 1 saturated heterocycles. The number of benzene rings is 2. The first kappa shape index (κ1) is 18.2. The number of aryl methyl sites for hydroxylation is 2. The maximum atomic E-state index is 11.6. The number of piperidine rings is 1. The van der Waals surface area contributed by atoms with E-state index >= 15 is 0 Å². The summed E-state index contributed by atoms with van der Waals surface area (Å²) in [4.78, 5) is 13.6. The fraction of sp³-hybridized carbons (Fsp3) is 0.429.